The first-order valence-corrected chi connectivity index (χ1v) is 8.74. The third kappa shape index (κ3) is 4.87. The van der Waals surface area contributed by atoms with Crippen LogP contribution in [0.1, 0.15) is 43.4 Å². The Balaban J connectivity index is 1.77. The van der Waals surface area contributed by atoms with Gasteiger partial charge in [0.1, 0.15) is 23.3 Å². The van der Waals surface area contributed by atoms with E-state index in [-0.39, 0.29) is 49.0 Å². The van der Waals surface area contributed by atoms with Crippen LogP contribution in [-0.2, 0) is 0 Å². The normalized spacial score (nSPS) is 18.9. The number of nitrogens with zero attached hydrogens (tertiary/aromatic N) is 2. The van der Waals surface area contributed by atoms with Gasteiger partial charge in [0.05, 0.1) is 5.69 Å². The summed E-state index contributed by atoms with van der Waals surface area (Å²) in [7, 11) is 0. The van der Waals surface area contributed by atoms with Crippen LogP contribution in [0, 0.1) is 0 Å². The number of pyridine rings is 2. The first-order chi connectivity index (χ1) is 13.5. The van der Waals surface area contributed by atoms with Crippen molar-refractivity contribution < 1.29 is 19.5 Å². The summed E-state index contributed by atoms with van der Waals surface area (Å²) in [5.41, 5.74) is 0.635. The third-order valence-corrected chi connectivity index (χ3v) is 3.94. The second-order valence-corrected chi connectivity index (χ2v) is 5.98. The van der Waals surface area contributed by atoms with Gasteiger partial charge in [0.15, 0.2) is 0 Å². The fourth-order valence-electron chi connectivity index (χ4n) is 2.53. The highest BCUT2D eigenvalue weighted by molar-refractivity contribution is 5.96. The summed E-state index contributed by atoms with van der Waals surface area (Å²) in [5, 5.41) is 20.9. The van der Waals surface area contributed by atoms with E-state index in [1.54, 1.807) is 18.2 Å². The number of aliphatic hydroxyl groups excluding tert-OH is 1. The molecule has 3 amide bonds. The van der Waals surface area contributed by atoms with E-state index in [4.69, 9.17) is 0 Å². The smallest absolute Gasteiger partial charge is 0.269 e. The molecule has 10 heteroatoms. The number of carbonyl (C=O) groups excluding carboxylic acids is 3. The molecule has 1 atom stereocenters. The van der Waals surface area contributed by atoms with Crippen molar-refractivity contribution in [3.8, 4) is 0 Å². The number of hydrogen-bond donors (Lipinski definition) is 5. The number of fused-ring (bicyclic) bond motifs is 4. The fraction of sp³-hybridized carbons (Fsp3) is 0.278. The molecule has 1 aliphatic rings. The highest BCUT2D eigenvalue weighted by atomic mass is 16.3. The molecule has 0 saturated carbocycles. The minimum Gasteiger partial charge on any atom is -0.373 e. The Morgan fingerprint density at radius 1 is 0.714 bits per heavy atom. The lowest BCUT2D eigenvalue weighted by Gasteiger charge is -2.14. The monoisotopic (exact) mass is 384 g/mol. The van der Waals surface area contributed by atoms with Gasteiger partial charge in [0, 0.05) is 26.2 Å². The lowest BCUT2D eigenvalue weighted by atomic mass is 10.2. The zero-order valence-electron chi connectivity index (χ0n) is 14.9. The standard InChI is InChI=1S/C18H20N6O4/c25-15-11-3-1-4-12(23-11)16(26)20-8-10-22-18(28)14-6-2-5-13(24-14)17(27)21-9-7-19-15/h1-6,15,19,25H,7-10H2,(H,20,26)(H,21,27)(H,22,28). The molecule has 0 fully saturated rings. The second kappa shape index (κ2) is 9.02. The molecule has 5 N–H and O–H groups in total. The summed E-state index contributed by atoms with van der Waals surface area (Å²) in [5.74, 6) is -1.30. The average Bonchev–Trinajstić information content (AvgIpc) is 2.73. The van der Waals surface area contributed by atoms with Crippen molar-refractivity contribution in [3.05, 3.63) is 59.2 Å². The minimum atomic E-state index is -1.09. The molecule has 146 valence electrons. The maximum atomic E-state index is 12.2. The number of rotatable bonds is 0. The molecule has 0 aliphatic carbocycles. The minimum absolute atomic E-state index is 0.100. The fourth-order valence-corrected chi connectivity index (χ4v) is 2.53. The molecule has 10 nitrogen and oxygen atoms in total. The van der Waals surface area contributed by atoms with Gasteiger partial charge in [-0.15, -0.1) is 0 Å². The van der Waals surface area contributed by atoms with E-state index in [0.717, 1.165) is 0 Å². The Hall–Kier alpha value is -3.37. The topological polar surface area (TPSA) is 145 Å². The molecule has 0 spiro atoms. The number of hydrogen-bond acceptors (Lipinski definition) is 7. The van der Waals surface area contributed by atoms with E-state index in [9.17, 15) is 19.5 Å². The van der Waals surface area contributed by atoms with Crippen LogP contribution >= 0.6 is 0 Å². The lowest BCUT2D eigenvalue weighted by Crippen LogP contribution is -2.37. The third-order valence-electron chi connectivity index (χ3n) is 3.94. The van der Waals surface area contributed by atoms with Gasteiger partial charge < -0.3 is 21.1 Å². The summed E-state index contributed by atoms with van der Waals surface area (Å²) in [4.78, 5) is 44.7. The van der Waals surface area contributed by atoms with Crippen LogP contribution < -0.4 is 21.3 Å². The van der Waals surface area contributed by atoms with Crippen molar-refractivity contribution >= 4 is 17.7 Å². The molecular formula is C18H20N6O4. The van der Waals surface area contributed by atoms with Gasteiger partial charge in [-0.1, -0.05) is 12.1 Å². The van der Waals surface area contributed by atoms with Crippen LogP contribution in [0.25, 0.3) is 0 Å². The van der Waals surface area contributed by atoms with Crippen molar-refractivity contribution in [3.63, 3.8) is 0 Å². The van der Waals surface area contributed by atoms with Gasteiger partial charge in [-0.25, -0.2) is 9.97 Å². The Morgan fingerprint density at radius 2 is 1.18 bits per heavy atom. The van der Waals surface area contributed by atoms with Crippen molar-refractivity contribution in [1.29, 1.82) is 0 Å². The zero-order valence-corrected chi connectivity index (χ0v) is 14.9. The predicted octanol–water partition coefficient (Wildman–Crippen LogP) is -1.04. The van der Waals surface area contributed by atoms with Crippen molar-refractivity contribution in [2.24, 2.45) is 0 Å². The van der Waals surface area contributed by atoms with Gasteiger partial charge in [0.2, 0.25) is 0 Å². The Labute approximate surface area is 160 Å². The van der Waals surface area contributed by atoms with Crippen LogP contribution in [0.4, 0.5) is 0 Å². The van der Waals surface area contributed by atoms with Crippen LogP contribution in [0.5, 0.6) is 0 Å². The van der Waals surface area contributed by atoms with Crippen molar-refractivity contribution in [2.75, 3.05) is 26.2 Å². The summed E-state index contributed by atoms with van der Waals surface area (Å²) < 4.78 is 0. The number of carbonyl (C=O) groups is 3. The highest BCUT2D eigenvalue weighted by Gasteiger charge is 2.15. The number of aromatic nitrogens is 2. The quantitative estimate of drug-likeness (QED) is 0.390. The first-order valence-electron chi connectivity index (χ1n) is 8.74. The van der Waals surface area contributed by atoms with E-state index in [1.165, 1.54) is 18.2 Å². The molecule has 4 bridgehead atoms. The van der Waals surface area contributed by atoms with E-state index in [0.29, 0.717) is 0 Å². The van der Waals surface area contributed by atoms with Crippen molar-refractivity contribution in [2.45, 2.75) is 6.23 Å². The molecular weight excluding hydrogens is 364 g/mol. The van der Waals surface area contributed by atoms with Gasteiger partial charge in [-0.3, -0.25) is 19.7 Å². The van der Waals surface area contributed by atoms with Crippen LogP contribution in [0.2, 0.25) is 0 Å². The number of nitrogens with one attached hydrogen (secondary N) is 4. The second-order valence-electron chi connectivity index (χ2n) is 5.98. The molecule has 3 rings (SSSR count). The van der Waals surface area contributed by atoms with Crippen LogP contribution in [0.15, 0.2) is 36.4 Å². The summed E-state index contributed by atoms with van der Waals surface area (Å²) in [6.07, 6.45) is -1.09. The molecule has 28 heavy (non-hydrogen) atoms. The van der Waals surface area contributed by atoms with E-state index in [2.05, 4.69) is 31.2 Å². The Morgan fingerprint density at radius 3 is 1.75 bits per heavy atom. The molecule has 2 aromatic rings. The van der Waals surface area contributed by atoms with Crippen LogP contribution in [0.3, 0.4) is 0 Å². The van der Waals surface area contributed by atoms with E-state index >= 15 is 0 Å². The average molecular weight is 384 g/mol. The molecule has 3 heterocycles. The largest absolute Gasteiger partial charge is 0.373 e. The van der Waals surface area contributed by atoms with Gasteiger partial charge in [0.25, 0.3) is 17.7 Å². The maximum Gasteiger partial charge on any atom is 0.269 e. The molecule has 1 unspecified atom stereocenters. The summed E-state index contributed by atoms with van der Waals surface area (Å²) in [6, 6.07) is 9.29. The van der Waals surface area contributed by atoms with E-state index in [1.807, 2.05) is 0 Å². The molecule has 0 saturated heterocycles. The molecule has 0 aromatic carbocycles. The van der Waals surface area contributed by atoms with Gasteiger partial charge >= 0.3 is 0 Å². The predicted molar refractivity (Wildman–Crippen MR) is 98.4 cm³/mol. The molecule has 2 aromatic heterocycles. The number of aliphatic hydroxyl groups is 1. The summed E-state index contributed by atoms with van der Waals surface area (Å²) >= 11 is 0. The number of amides is 3. The summed E-state index contributed by atoms with van der Waals surface area (Å²) in [6.45, 7) is 0.823. The Kier molecular flexibility index (Phi) is 6.25. The van der Waals surface area contributed by atoms with Crippen molar-refractivity contribution in [1.82, 2.24) is 31.2 Å². The molecule has 1 aliphatic heterocycles. The van der Waals surface area contributed by atoms with Gasteiger partial charge in [-0.2, -0.15) is 0 Å². The maximum absolute atomic E-state index is 12.2. The zero-order chi connectivity index (χ0) is 19.9. The van der Waals surface area contributed by atoms with Gasteiger partial charge in [-0.05, 0) is 24.3 Å². The highest BCUT2D eigenvalue weighted by Crippen LogP contribution is 2.08. The first kappa shape index (κ1) is 19.4. The SMILES string of the molecule is O=C1NCCNC(=O)c2cccc(n2)C(O)NCCNC(=O)c2cccc1n2. The molecule has 0 radical (unpaired) electrons. The van der Waals surface area contributed by atoms with Crippen LogP contribution in [-0.4, -0.2) is 59.0 Å². The lowest BCUT2D eigenvalue weighted by molar-refractivity contribution is 0.0915. The Bertz CT molecular complexity index is 888. The van der Waals surface area contributed by atoms with E-state index < -0.39 is 23.9 Å².